The highest BCUT2D eigenvalue weighted by Gasteiger charge is 2.30. The molecule has 0 amide bonds. The molecule has 3 N–H and O–H groups in total. The van der Waals surface area contributed by atoms with E-state index in [1.54, 1.807) is 0 Å². The topological polar surface area (TPSA) is 41.3 Å². The number of hydrazine groups is 1. The molecule has 1 unspecified atom stereocenters. The molecule has 0 aromatic carbocycles. The minimum atomic E-state index is 0.560. The normalized spacial score (nSPS) is 31.7. The van der Waals surface area contributed by atoms with Crippen LogP contribution in [0.2, 0.25) is 0 Å². The summed E-state index contributed by atoms with van der Waals surface area (Å²) in [5.41, 5.74) is 10.5. The quantitative estimate of drug-likeness (QED) is 0.502. The summed E-state index contributed by atoms with van der Waals surface area (Å²) < 4.78 is 0. The molecule has 0 saturated heterocycles. The smallest absolute Gasteiger partial charge is 0.114 e. The average Bonchev–Trinajstić information content (AvgIpc) is 2.41. The zero-order chi connectivity index (χ0) is 7.14. The molecule has 3 heteroatoms. The lowest BCUT2D eigenvalue weighted by molar-refractivity contribution is 0.302. The Bertz CT molecular complexity index is 185. The van der Waals surface area contributed by atoms with E-state index in [-0.39, 0.29) is 0 Å². The molecule has 0 aromatic rings. The number of fused-ring (bicyclic) bond motifs is 1. The molecule has 1 aliphatic carbocycles. The van der Waals surface area contributed by atoms with Crippen molar-refractivity contribution < 1.29 is 0 Å². The van der Waals surface area contributed by atoms with E-state index in [2.05, 4.69) is 5.43 Å². The Labute approximate surface area is 60.8 Å². The molecule has 1 atom stereocenters. The second-order valence-corrected chi connectivity index (χ2v) is 3.04. The minimum absolute atomic E-state index is 0.560. The van der Waals surface area contributed by atoms with Crippen LogP contribution in [-0.2, 0) is 0 Å². The zero-order valence-electron chi connectivity index (χ0n) is 6.22. The molecule has 0 radical (unpaired) electrons. The minimum Gasteiger partial charge on any atom is -0.384 e. The van der Waals surface area contributed by atoms with Gasteiger partial charge in [-0.3, -0.25) is 5.01 Å². The Hall–Kier alpha value is -0.700. The molecule has 1 heterocycles. The number of hydrogen-bond acceptors (Lipinski definition) is 3. The maximum Gasteiger partial charge on any atom is 0.114 e. The van der Waals surface area contributed by atoms with Crippen molar-refractivity contribution in [2.75, 3.05) is 7.05 Å². The molecule has 3 nitrogen and oxygen atoms in total. The third-order valence-corrected chi connectivity index (χ3v) is 2.40. The first-order valence-electron chi connectivity index (χ1n) is 3.77. The van der Waals surface area contributed by atoms with E-state index < -0.39 is 0 Å². The lowest BCUT2D eigenvalue weighted by Crippen LogP contribution is -2.35. The van der Waals surface area contributed by atoms with E-state index >= 15 is 0 Å². The Balaban J connectivity index is 2.29. The predicted octanol–water partition coefficient (Wildman–Crippen LogP) is 0.159. The van der Waals surface area contributed by atoms with Gasteiger partial charge in [-0.1, -0.05) is 0 Å². The molecule has 1 fully saturated rings. The highest BCUT2D eigenvalue weighted by molar-refractivity contribution is 5.24. The van der Waals surface area contributed by atoms with Crippen LogP contribution in [0.1, 0.15) is 19.3 Å². The standard InChI is InChI=1S/C7H13N3/c1-10-7(8)5-3-2-4-6(5)9-10/h6,9H,2-4,8H2,1H3. The van der Waals surface area contributed by atoms with Crippen molar-refractivity contribution in [1.82, 2.24) is 10.4 Å². The molecule has 10 heavy (non-hydrogen) atoms. The van der Waals surface area contributed by atoms with Crippen molar-refractivity contribution >= 4 is 0 Å². The van der Waals surface area contributed by atoms with Gasteiger partial charge >= 0.3 is 0 Å². The van der Waals surface area contributed by atoms with E-state index in [0.29, 0.717) is 6.04 Å². The van der Waals surface area contributed by atoms with Crippen LogP contribution in [0.15, 0.2) is 11.4 Å². The maximum atomic E-state index is 5.81. The van der Waals surface area contributed by atoms with Gasteiger partial charge in [0.15, 0.2) is 0 Å². The molecule has 1 aliphatic heterocycles. The monoisotopic (exact) mass is 139 g/mol. The number of hydrogen-bond donors (Lipinski definition) is 2. The summed E-state index contributed by atoms with van der Waals surface area (Å²) in [6.07, 6.45) is 3.73. The summed E-state index contributed by atoms with van der Waals surface area (Å²) >= 11 is 0. The summed E-state index contributed by atoms with van der Waals surface area (Å²) in [7, 11) is 1.97. The Morgan fingerprint density at radius 1 is 1.70 bits per heavy atom. The van der Waals surface area contributed by atoms with Crippen molar-refractivity contribution in [3.05, 3.63) is 11.4 Å². The van der Waals surface area contributed by atoms with Crippen molar-refractivity contribution in [2.45, 2.75) is 25.3 Å². The van der Waals surface area contributed by atoms with Crippen molar-refractivity contribution in [3.63, 3.8) is 0 Å². The highest BCUT2D eigenvalue weighted by Crippen LogP contribution is 2.30. The van der Waals surface area contributed by atoms with Crippen molar-refractivity contribution in [1.29, 1.82) is 0 Å². The predicted molar refractivity (Wildman–Crippen MR) is 39.8 cm³/mol. The fraction of sp³-hybridized carbons (Fsp3) is 0.714. The summed E-state index contributed by atoms with van der Waals surface area (Å²) in [4.78, 5) is 0. The lowest BCUT2D eigenvalue weighted by Gasteiger charge is -2.14. The molecule has 1 saturated carbocycles. The van der Waals surface area contributed by atoms with Crippen LogP contribution in [0, 0.1) is 0 Å². The number of nitrogens with two attached hydrogens (primary N) is 1. The van der Waals surface area contributed by atoms with Gasteiger partial charge in [-0.2, -0.15) is 0 Å². The van der Waals surface area contributed by atoms with Crippen LogP contribution in [-0.4, -0.2) is 18.1 Å². The van der Waals surface area contributed by atoms with Gasteiger partial charge in [0, 0.05) is 7.05 Å². The van der Waals surface area contributed by atoms with Crippen LogP contribution >= 0.6 is 0 Å². The molecular weight excluding hydrogens is 126 g/mol. The third kappa shape index (κ3) is 0.639. The first-order chi connectivity index (χ1) is 4.79. The molecule has 0 bridgehead atoms. The van der Waals surface area contributed by atoms with Gasteiger partial charge in [0.1, 0.15) is 5.82 Å². The van der Waals surface area contributed by atoms with Gasteiger partial charge in [-0.15, -0.1) is 0 Å². The summed E-state index contributed by atoms with van der Waals surface area (Å²) in [6, 6.07) is 0.560. The second kappa shape index (κ2) is 1.89. The molecule has 0 aromatic heterocycles. The van der Waals surface area contributed by atoms with Gasteiger partial charge in [0.05, 0.1) is 6.04 Å². The maximum absolute atomic E-state index is 5.81. The Kier molecular flexibility index (Phi) is 1.14. The number of nitrogens with one attached hydrogen (secondary N) is 1. The number of rotatable bonds is 0. The zero-order valence-corrected chi connectivity index (χ0v) is 6.22. The Morgan fingerprint density at radius 2 is 2.50 bits per heavy atom. The second-order valence-electron chi connectivity index (χ2n) is 3.04. The molecular formula is C7H13N3. The van der Waals surface area contributed by atoms with Gasteiger partial charge in [-0.05, 0) is 24.8 Å². The fourth-order valence-corrected chi connectivity index (χ4v) is 1.81. The fourth-order valence-electron chi connectivity index (χ4n) is 1.81. The van der Waals surface area contributed by atoms with Gasteiger partial charge in [0.25, 0.3) is 0 Å². The van der Waals surface area contributed by atoms with E-state index in [9.17, 15) is 0 Å². The molecule has 56 valence electrons. The van der Waals surface area contributed by atoms with E-state index in [4.69, 9.17) is 5.73 Å². The first-order valence-corrected chi connectivity index (χ1v) is 3.77. The molecule has 0 spiro atoms. The van der Waals surface area contributed by atoms with Crippen LogP contribution in [0.25, 0.3) is 0 Å². The van der Waals surface area contributed by atoms with Crippen molar-refractivity contribution in [3.8, 4) is 0 Å². The Morgan fingerprint density at radius 3 is 3.20 bits per heavy atom. The van der Waals surface area contributed by atoms with Crippen LogP contribution in [0.3, 0.4) is 0 Å². The van der Waals surface area contributed by atoms with E-state index in [0.717, 1.165) is 5.82 Å². The van der Waals surface area contributed by atoms with Crippen molar-refractivity contribution in [2.24, 2.45) is 5.73 Å². The third-order valence-electron chi connectivity index (χ3n) is 2.40. The van der Waals surface area contributed by atoms with E-state index in [1.165, 1.54) is 24.8 Å². The number of nitrogens with zero attached hydrogens (tertiary/aromatic N) is 1. The highest BCUT2D eigenvalue weighted by atomic mass is 15.5. The van der Waals surface area contributed by atoms with E-state index in [1.807, 2.05) is 12.1 Å². The van der Waals surface area contributed by atoms with Gasteiger partial charge < -0.3 is 5.73 Å². The summed E-state index contributed by atoms with van der Waals surface area (Å²) in [5, 5.41) is 1.93. The van der Waals surface area contributed by atoms with Crippen LogP contribution < -0.4 is 11.2 Å². The van der Waals surface area contributed by atoms with Gasteiger partial charge in [0.2, 0.25) is 0 Å². The largest absolute Gasteiger partial charge is 0.384 e. The lowest BCUT2D eigenvalue weighted by atomic mass is 10.2. The van der Waals surface area contributed by atoms with Crippen LogP contribution in [0.4, 0.5) is 0 Å². The van der Waals surface area contributed by atoms with Gasteiger partial charge in [-0.25, -0.2) is 5.43 Å². The molecule has 2 rings (SSSR count). The summed E-state index contributed by atoms with van der Waals surface area (Å²) in [5.74, 6) is 0.947. The SMILES string of the molecule is CN1NC2CCCC2=C1N. The summed E-state index contributed by atoms with van der Waals surface area (Å²) in [6.45, 7) is 0. The first kappa shape index (κ1) is 6.04. The average molecular weight is 139 g/mol. The van der Waals surface area contributed by atoms with Crippen LogP contribution in [0.5, 0.6) is 0 Å². The molecule has 2 aliphatic rings.